The summed E-state index contributed by atoms with van der Waals surface area (Å²) in [6.45, 7) is 4.12. The lowest BCUT2D eigenvalue weighted by atomic mass is 9.97. The van der Waals surface area contributed by atoms with Crippen LogP contribution in [-0.4, -0.2) is 15.6 Å². The highest BCUT2D eigenvalue weighted by atomic mass is 16.1. The molecule has 0 N–H and O–H groups in total. The lowest BCUT2D eigenvalue weighted by Crippen LogP contribution is -2.14. The zero-order chi connectivity index (χ0) is 13.1. The highest BCUT2D eigenvalue weighted by Crippen LogP contribution is 2.19. The summed E-state index contributed by atoms with van der Waals surface area (Å²) in [5.41, 5.74) is 1.99. The van der Waals surface area contributed by atoms with Gasteiger partial charge in [-0.3, -0.25) is 9.48 Å². The summed E-state index contributed by atoms with van der Waals surface area (Å²) in [7, 11) is 1.92. The summed E-state index contributed by atoms with van der Waals surface area (Å²) in [5.74, 6) is 0.427. The number of para-hydroxylation sites is 1. The van der Waals surface area contributed by atoms with E-state index in [-0.39, 0.29) is 5.92 Å². The SMILES string of the molecule is CCCC(C)C(=O)Cc1nn(C)c2ccccc12. The molecule has 2 aromatic rings. The monoisotopic (exact) mass is 244 g/mol. The average molecular weight is 244 g/mol. The van der Waals surface area contributed by atoms with E-state index in [1.807, 2.05) is 42.9 Å². The minimum Gasteiger partial charge on any atom is -0.299 e. The first-order valence-corrected chi connectivity index (χ1v) is 6.56. The van der Waals surface area contributed by atoms with Crippen LogP contribution in [-0.2, 0) is 18.3 Å². The van der Waals surface area contributed by atoms with Gasteiger partial charge >= 0.3 is 0 Å². The topological polar surface area (TPSA) is 34.9 Å². The number of aryl methyl sites for hydroxylation is 1. The van der Waals surface area contributed by atoms with Crippen LogP contribution in [0.25, 0.3) is 10.9 Å². The van der Waals surface area contributed by atoms with Crippen LogP contribution in [0.2, 0.25) is 0 Å². The van der Waals surface area contributed by atoms with Crippen LogP contribution < -0.4 is 0 Å². The molecule has 0 spiro atoms. The number of ketones is 1. The van der Waals surface area contributed by atoms with Crippen molar-refractivity contribution in [3.8, 4) is 0 Å². The maximum Gasteiger partial charge on any atom is 0.141 e. The average Bonchev–Trinajstić information content (AvgIpc) is 2.67. The molecule has 0 bridgehead atoms. The molecule has 0 aliphatic heterocycles. The maximum absolute atomic E-state index is 12.1. The number of nitrogens with zero attached hydrogens (tertiary/aromatic N) is 2. The van der Waals surface area contributed by atoms with E-state index in [0.29, 0.717) is 12.2 Å². The van der Waals surface area contributed by atoms with E-state index in [2.05, 4.69) is 12.0 Å². The minimum atomic E-state index is 0.135. The van der Waals surface area contributed by atoms with Crippen LogP contribution in [0.5, 0.6) is 0 Å². The fourth-order valence-corrected chi connectivity index (χ4v) is 2.35. The number of aromatic nitrogens is 2. The van der Waals surface area contributed by atoms with Gasteiger partial charge in [0.05, 0.1) is 17.6 Å². The molecule has 0 aliphatic rings. The van der Waals surface area contributed by atoms with Crippen molar-refractivity contribution in [2.75, 3.05) is 0 Å². The van der Waals surface area contributed by atoms with Gasteiger partial charge in [-0.15, -0.1) is 0 Å². The summed E-state index contributed by atoms with van der Waals surface area (Å²) >= 11 is 0. The second-order valence-electron chi connectivity index (χ2n) is 4.92. The van der Waals surface area contributed by atoms with Gasteiger partial charge in [-0.1, -0.05) is 38.5 Å². The highest BCUT2D eigenvalue weighted by Gasteiger charge is 2.16. The van der Waals surface area contributed by atoms with Gasteiger partial charge in [0.15, 0.2) is 0 Å². The third-order valence-corrected chi connectivity index (χ3v) is 3.45. The Morgan fingerprint density at radius 2 is 2.11 bits per heavy atom. The molecule has 0 radical (unpaired) electrons. The summed E-state index contributed by atoms with van der Waals surface area (Å²) in [4.78, 5) is 12.1. The number of hydrogen-bond donors (Lipinski definition) is 0. The molecule has 0 saturated carbocycles. The Balaban J connectivity index is 2.24. The predicted molar refractivity (Wildman–Crippen MR) is 73.5 cm³/mol. The third kappa shape index (κ3) is 2.45. The van der Waals surface area contributed by atoms with E-state index in [9.17, 15) is 4.79 Å². The van der Waals surface area contributed by atoms with Gasteiger partial charge in [-0.2, -0.15) is 5.10 Å². The Kier molecular flexibility index (Phi) is 3.80. The molecular formula is C15H20N2O. The smallest absolute Gasteiger partial charge is 0.141 e. The van der Waals surface area contributed by atoms with Gasteiger partial charge in [0, 0.05) is 18.4 Å². The van der Waals surface area contributed by atoms with Crippen molar-refractivity contribution in [1.82, 2.24) is 9.78 Å². The van der Waals surface area contributed by atoms with E-state index in [1.165, 1.54) is 0 Å². The molecule has 0 fully saturated rings. The second kappa shape index (κ2) is 5.34. The minimum absolute atomic E-state index is 0.135. The fraction of sp³-hybridized carbons (Fsp3) is 0.467. The Bertz CT molecular complexity index is 557. The van der Waals surface area contributed by atoms with Gasteiger partial charge in [-0.05, 0) is 12.5 Å². The number of fused-ring (bicyclic) bond motifs is 1. The first-order chi connectivity index (χ1) is 8.63. The van der Waals surface area contributed by atoms with Crippen molar-refractivity contribution in [3.05, 3.63) is 30.0 Å². The van der Waals surface area contributed by atoms with Gasteiger partial charge in [0.1, 0.15) is 5.78 Å². The summed E-state index contributed by atoms with van der Waals surface area (Å²) in [5, 5.41) is 5.56. The fourth-order valence-electron chi connectivity index (χ4n) is 2.35. The van der Waals surface area contributed by atoms with Crippen molar-refractivity contribution < 1.29 is 4.79 Å². The van der Waals surface area contributed by atoms with Gasteiger partial charge in [-0.25, -0.2) is 0 Å². The number of rotatable bonds is 5. The Hall–Kier alpha value is -1.64. The van der Waals surface area contributed by atoms with Gasteiger partial charge < -0.3 is 0 Å². The van der Waals surface area contributed by atoms with Crippen LogP contribution >= 0.6 is 0 Å². The first-order valence-electron chi connectivity index (χ1n) is 6.56. The molecule has 1 aromatic carbocycles. The molecule has 3 heteroatoms. The molecule has 0 saturated heterocycles. The molecule has 1 atom stereocenters. The molecular weight excluding hydrogens is 224 g/mol. The normalized spacial score (nSPS) is 12.8. The summed E-state index contributed by atoms with van der Waals surface area (Å²) < 4.78 is 1.85. The zero-order valence-electron chi connectivity index (χ0n) is 11.3. The van der Waals surface area contributed by atoms with Crippen molar-refractivity contribution >= 4 is 16.7 Å². The standard InChI is InChI=1S/C15H20N2O/c1-4-7-11(2)15(18)10-13-12-8-5-6-9-14(12)17(3)16-13/h5-6,8-9,11H,4,7,10H2,1-3H3. The number of carbonyl (C=O) groups is 1. The lowest BCUT2D eigenvalue weighted by Gasteiger charge is -2.07. The van der Waals surface area contributed by atoms with E-state index >= 15 is 0 Å². The van der Waals surface area contributed by atoms with Crippen LogP contribution in [0.4, 0.5) is 0 Å². The first kappa shape index (κ1) is 12.8. The highest BCUT2D eigenvalue weighted by molar-refractivity contribution is 5.89. The Morgan fingerprint density at radius 3 is 2.83 bits per heavy atom. The second-order valence-corrected chi connectivity index (χ2v) is 4.92. The number of benzene rings is 1. The molecule has 3 nitrogen and oxygen atoms in total. The molecule has 0 amide bonds. The molecule has 1 heterocycles. The maximum atomic E-state index is 12.1. The number of hydrogen-bond acceptors (Lipinski definition) is 2. The van der Waals surface area contributed by atoms with E-state index in [0.717, 1.165) is 29.4 Å². The summed E-state index contributed by atoms with van der Waals surface area (Å²) in [6.07, 6.45) is 2.46. The van der Waals surface area contributed by atoms with E-state index in [1.54, 1.807) is 0 Å². The Morgan fingerprint density at radius 1 is 1.39 bits per heavy atom. The van der Waals surface area contributed by atoms with Crippen LogP contribution in [0, 0.1) is 5.92 Å². The third-order valence-electron chi connectivity index (χ3n) is 3.45. The predicted octanol–water partition coefficient (Wildman–Crippen LogP) is 3.12. The van der Waals surface area contributed by atoms with Crippen molar-refractivity contribution in [1.29, 1.82) is 0 Å². The van der Waals surface area contributed by atoms with Crippen LogP contribution in [0.3, 0.4) is 0 Å². The zero-order valence-corrected chi connectivity index (χ0v) is 11.3. The van der Waals surface area contributed by atoms with Crippen LogP contribution in [0.1, 0.15) is 32.4 Å². The van der Waals surface area contributed by atoms with Crippen LogP contribution in [0.15, 0.2) is 24.3 Å². The quantitative estimate of drug-likeness (QED) is 0.810. The molecule has 18 heavy (non-hydrogen) atoms. The number of Topliss-reactive ketones (excluding diaryl/α,β-unsaturated/α-hetero) is 1. The molecule has 0 aliphatic carbocycles. The van der Waals surface area contributed by atoms with Crippen molar-refractivity contribution in [2.24, 2.45) is 13.0 Å². The molecule has 1 unspecified atom stereocenters. The van der Waals surface area contributed by atoms with Crippen molar-refractivity contribution in [3.63, 3.8) is 0 Å². The molecule has 96 valence electrons. The molecule has 1 aromatic heterocycles. The van der Waals surface area contributed by atoms with Crippen molar-refractivity contribution in [2.45, 2.75) is 33.1 Å². The Labute approximate surface area is 108 Å². The van der Waals surface area contributed by atoms with E-state index < -0.39 is 0 Å². The number of carbonyl (C=O) groups excluding carboxylic acids is 1. The van der Waals surface area contributed by atoms with E-state index in [4.69, 9.17) is 0 Å². The van der Waals surface area contributed by atoms with Gasteiger partial charge in [0.2, 0.25) is 0 Å². The molecule has 2 rings (SSSR count). The lowest BCUT2D eigenvalue weighted by molar-refractivity contribution is -0.121. The summed E-state index contributed by atoms with van der Waals surface area (Å²) in [6, 6.07) is 8.06. The largest absolute Gasteiger partial charge is 0.299 e. The van der Waals surface area contributed by atoms with Gasteiger partial charge in [0.25, 0.3) is 0 Å².